The van der Waals surface area contributed by atoms with Gasteiger partial charge in [0.1, 0.15) is 0 Å². The fourth-order valence-corrected chi connectivity index (χ4v) is 2.50. The predicted molar refractivity (Wildman–Crippen MR) is 65.6 cm³/mol. The predicted octanol–water partition coefficient (Wildman–Crippen LogP) is -0.343. The number of amides is 1. The molecule has 1 unspecified atom stereocenters. The molecule has 5 heteroatoms. The maximum absolute atomic E-state index is 12.5. The van der Waals surface area contributed by atoms with Crippen LogP contribution in [0.1, 0.15) is 19.8 Å². The lowest BCUT2D eigenvalue weighted by Gasteiger charge is -2.42. The summed E-state index contributed by atoms with van der Waals surface area (Å²) in [6.45, 7) is 5.86. The Morgan fingerprint density at radius 1 is 1.35 bits per heavy atom. The molecule has 0 spiro atoms. The van der Waals surface area contributed by atoms with Crippen LogP contribution in [0.3, 0.4) is 0 Å². The summed E-state index contributed by atoms with van der Waals surface area (Å²) in [6, 6.07) is 0.413. The minimum absolute atomic E-state index is 0.112. The van der Waals surface area contributed by atoms with Crippen LogP contribution in [0.4, 0.5) is 0 Å². The van der Waals surface area contributed by atoms with Crippen molar-refractivity contribution in [1.82, 2.24) is 9.80 Å². The molecule has 1 amide bonds. The van der Waals surface area contributed by atoms with Gasteiger partial charge >= 0.3 is 0 Å². The summed E-state index contributed by atoms with van der Waals surface area (Å²) in [5, 5.41) is 0. The summed E-state index contributed by atoms with van der Waals surface area (Å²) in [6.07, 6.45) is 1.29. The molecule has 5 nitrogen and oxygen atoms in total. The van der Waals surface area contributed by atoms with E-state index in [0.717, 1.165) is 19.6 Å². The van der Waals surface area contributed by atoms with Crippen molar-refractivity contribution in [2.45, 2.75) is 31.3 Å². The first-order valence-corrected chi connectivity index (χ1v) is 6.39. The van der Waals surface area contributed by atoms with Crippen LogP contribution in [0.2, 0.25) is 0 Å². The zero-order valence-electron chi connectivity index (χ0n) is 10.8. The molecule has 2 aliphatic rings. The van der Waals surface area contributed by atoms with Crippen LogP contribution in [0.15, 0.2) is 0 Å². The van der Waals surface area contributed by atoms with Crippen LogP contribution in [0.25, 0.3) is 0 Å². The first-order chi connectivity index (χ1) is 8.03. The van der Waals surface area contributed by atoms with E-state index < -0.39 is 5.54 Å². The summed E-state index contributed by atoms with van der Waals surface area (Å²) >= 11 is 0. The molecule has 2 saturated heterocycles. The zero-order chi connectivity index (χ0) is 12.5. The lowest BCUT2D eigenvalue weighted by atomic mass is 9.89. The zero-order valence-corrected chi connectivity index (χ0v) is 10.8. The number of likely N-dealkylation sites (N-methyl/N-ethyl adjacent to an activating group) is 1. The maximum Gasteiger partial charge on any atom is 0.242 e. The summed E-state index contributed by atoms with van der Waals surface area (Å²) in [4.78, 5) is 16.7. The third-order valence-electron chi connectivity index (χ3n) is 4.06. The number of ether oxygens (including phenoxy) is 1. The van der Waals surface area contributed by atoms with Crippen LogP contribution in [-0.2, 0) is 9.53 Å². The first-order valence-electron chi connectivity index (χ1n) is 6.39. The van der Waals surface area contributed by atoms with E-state index in [2.05, 4.69) is 18.9 Å². The molecule has 0 bridgehead atoms. The molecule has 1 atom stereocenters. The largest absolute Gasteiger partial charge is 0.381 e. The van der Waals surface area contributed by atoms with Crippen molar-refractivity contribution < 1.29 is 9.53 Å². The molecule has 17 heavy (non-hydrogen) atoms. The van der Waals surface area contributed by atoms with Crippen molar-refractivity contribution in [1.29, 1.82) is 0 Å². The van der Waals surface area contributed by atoms with E-state index in [-0.39, 0.29) is 5.91 Å². The van der Waals surface area contributed by atoms with Crippen molar-refractivity contribution in [3.63, 3.8) is 0 Å². The topological polar surface area (TPSA) is 58.8 Å². The highest BCUT2D eigenvalue weighted by Crippen LogP contribution is 2.22. The van der Waals surface area contributed by atoms with Crippen molar-refractivity contribution in [2.24, 2.45) is 5.73 Å². The van der Waals surface area contributed by atoms with Gasteiger partial charge in [0.15, 0.2) is 0 Å². The molecular weight excluding hydrogens is 218 g/mol. The van der Waals surface area contributed by atoms with Gasteiger partial charge in [-0.2, -0.15) is 0 Å². The number of nitrogens with zero attached hydrogens (tertiary/aromatic N) is 2. The number of hydrogen-bond acceptors (Lipinski definition) is 4. The molecule has 0 aromatic heterocycles. The van der Waals surface area contributed by atoms with E-state index in [1.54, 1.807) is 0 Å². The number of carbonyl (C=O) groups is 1. The second kappa shape index (κ2) is 4.92. The van der Waals surface area contributed by atoms with Gasteiger partial charge < -0.3 is 20.3 Å². The van der Waals surface area contributed by atoms with E-state index in [0.29, 0.717) is 32.1 Å². The molecule has 2 heterocycles. The second-order valence-electron chi connectivity index (χ2n) is 5.35. The lowest BCUT2D eigenvalue weighted by Crippen LogP contribution is -2.62. The Kier molecular flexibility index (Phi) is 3.70. The van der Waals surface area contributed by atoms with Crippen molar-refractivity contribution in [3.8, 4) is 0 Å². The molecule has 0 aliphatic carbocycles. The normalized spacial score (nSPS) is 30.3. The van der Waals surface area contributed by atoms with Crippen molar-refractivity contribution in [3.05, 3.63) is 0 Å². The number of hydrogen-bond donors (Lipinski definition) is 1. The van der Waals surface area contributed by atoms with Crippen molar-refractivity contribution >= 4 is 5.91 Å². The molecule has 2 N–H and O–H groups in total. The van der Waals surface area contributed by atoms with E-state index in [4.69, 9.17) is 10.5 Å². The second-order valence-corrected chi connectivity index (χ2v) is 5.35. The average Bonchev–Trinajstić information content (AvgIpc) is 2.33. The Morgan fingerprint density at radius 3 is 2.59 bits per heavy atom. The molecular formula is C12H23N3O2. The maximum atomic E-state index is 12.5. The Balaban J connectivity index is 1.99. The molecule has 2 rings (SSSR count). The fraction of sp³-hybridized carbons (Fsp3) is 0.917. The minimum Gasteiger partial charge on any atom is -0.381 e. The Labute approximate surface area is 103 Å². The third-order valence-corrected chi connectivity index (χ3v) is 4.06. The SMILES string of the molecule is CC1CN(C(=O)C2(N)CCOCC2)CCN1C. The van der Waals surface area contributed by atoms with Crippen LogP contribution < -0.4 is 5.73 Å². The minimum atomic E-state index is -0.687. The number of nitrogens with two attached hydrogens (primary N) is 1. The molecule has 2 fully saturated rings. The Morgan fingerprint density at radius 2 is 2.00 bits per heavy atom. The quantitative estimate of drug-likeness (QED) is 0.682. The van der Waals surface area contributed by atoms with Crippen LogP contribution in [0.5, 0.6) is 0 Å². The van der Waals surface area contributed by atoms with E-state index in [1.165, 1.54) is 0 Å². The summed E-state index contributed by atoms with van der Waals surface area (Å²) in [5.74, 6) is 0.112. The average molecular weight is 241 g/mol. The highest BCUT2D eigenvalue weighted by Gasteiger charge is 2.40. The molecule has 0 radical (unpaired) electrons. The lowest BCUT2D eigenvalue weighted by molar-refractivity contribution is -0.143. The standard InChI is InChI=1S/C12H23N3O2/c1-10-9-15(6-5-14(10)2)11(16)12(13)3-7-17-8-4-12/h10H,3-9,13H2,1-2H3. The van der Waals surface area contributed by atoms with Crippen LogP contribution in [0, 0.1) is 0 Å². The fourth-order valence-electron chi connectivity index (χ4n) is 2.50. The first kappa shape index (κ1) is 12.8. The molecule has 98 valence electrons. The van der Waals surface area contributed by atoms with Crippen LogP contribution in [-0.4, -0.2) is 67.2 Å². The monoisotopic (exact) mass is 241 g/mol. The van der Waals surface area contributed by atoms with E-state index >= 15 is 0 Å². The Hall–Kier alpha value is -0.650. The van der Waals surface area contributed by atoms with Gasteiger partial charge in [0, 0.05) is 38.9 Å². The highest BCUT2D eigenvalue weighted by atomic mass is 16.5. The van der Waals surface area contributed by atoms with Gasteiger partial charge in [0.25, 0.3) is 0 Å². The highest BCUT2D eigenvalue weighted by molar-refractivity contribution is 5.86. The van der Waals surface area contributed by atoms with Gasteiger partial charge in [-0.25, -0.2) is 0 Å². The van der Waals surface area contributed by atoms with Gasteiger partial charge in [-0.1, -0.05) is 0 Å². The molecule has 0 aromatic rings. The number of carbonyl (C=O) groups excluding carboxylic acids is 1. The summed E-state index contributed by atoms with van der Waals surface area (Å²) in [5.41, 5.74) is 5.54. The number of piperazine rings is 1. The summed E-state index contributed by atoms with van der Waals surface area (Å²) in [7, 11) is 2.10. The Bertz CT molecular complexity index is 289. The molecule has 2 aliphatic heterocycles. The van der Waals surface area contributed by atoms with Gasteiger partial charge in [-0.15, -0.1) is 0 Å². The third kappa shape index (κ3) is 2.61. The van der Waals surface area contributed by atoms with Gasteiger partial charge in [0.2, 0.25) is 5.91 Å². The number of rotatable bonds is 1. The smallest absolute Gasteiger partial charge is 0.242 e. The summed E-state index contributed by atoms with van der Waals surface area (Å²) < 4.78 is 5.28. The van der Waals surface area contributed by atoms with Crippen LogP contribution >= 0.6 is 0 Å². The molecule has 0 aromatic carbocycles. The van der Waals surface area contributed by atoms with Gasteiger partial charge in [-0.3, -0.25) is 4.79 Å². The van der Waals surface area contributed by atoms with E-state index in [1.807, 2.05) is 4.90 Å². The molecule has 0 saturated carbocycles. The van der Waals surface area contributed by atoms with Crippen molar-refractivity contribution in [2.75, 3.05) is 39.9 Å². The van der Waals surface area contributed by atoms with Gasteiger partial charge in [-0.05, 0) is 26.8 Å². The van der Waals surface area contributed by atoms with E-state index in [9.17, 15) is 4.79 Å². The van der Waals surface area contributed by atoms with Gasteiger partial charge in [0.05, 0.1) is 5.54 Å².